The normalized spacial score (nSPS) is 12.9. The minimum absolute atomic E-state index is 0.950. The molecule has 1 heteroatoms. The van der Waals surface area contributed by atoms with Crippen LogP contribution in [0, 0.1) is 0 Å². The van der Waals surface area contributed by atoms with Crippen molar-refractivity contribution in [2.24, 2.45) is 0 Å². The lowest BCUT2D eigenvalue weighted by atomic mass is 9.95. The fourth-order valence-corrected chi connectivity index (χ4v) is 2.57. The molecule has 80 valence electrons. The Balaban J connectivity index is 2.34. The first-order valence-corrected chi connectivity index (χ1v) is 5.71. The van der Waals surface area contributed by atoms with Gasteiger partial charge in [-0.05, 0) is 39.9 Å². The summed E-state index contributed by atoms with van der Waals surface area (Å²) in [4.78, 5) is 0. The summed E-state index contributed by atoms with van der Waals surface area (Å²) < 4.78 is 5.56. The molecule has 1 heterocycles. The van der Waals surface area contributed by atoms with Crippen molar-refractivity contribution in [3.05, 3.63) is 60.4 Å². The molecule has 1 aliphatic heterocycles. The van der Waals surface area contributed by atoms with Crippen LogP contribution in [0.25, 0.3) is 27.6 Å². The largest absolute Gasteiger partial charge is 0.464 e. The number of hydrogen-bond donors (Lipinski definition) is 0. The molecule has 3 aromatic rings. The van der Waals surface area contributed by atoms with Crippen LogP contribution in [0.3, 0.4) is 0 Å². The van der Waals surface area contributed by atoms with Gasteiger partial charge in [0.05, 0.1) is 6.26 Å². The van der Waals surface area contributed by atoms with Crippen LogP contribution in [0.4, 0.5) is 0 Å². The molecule has 0 spiro atoms. The van der Waals surface area contributed by atoms with Crippen LogP contribution in [0.2, 0.25) is 0 Å². The highest BCUT2D eigenvalue weighted by molar-refractivity contribution is 6.09. The maximum absolute atomic E-state index is 5.56. The van der Waals surface area contributed by atoms with Crippen LogP contribution in [0.1, 0.15) is 5.56 Å². The van der Waals surface area contributed by atoms with E-state index in [-0.39, 0.29) is 0 Å². The molecular weight excluding hydrogens is 208 g/mol. The first-order chi connectivity index (χ1) is 8.43. The number of benzene rings is 3. The van der Waals surface area contributed by atoms with E-state index in [0.29, 0.717) is 0 Å². The second-order valence-corrected chi connectivity index (χ2v) is 4.29. The Morgan fingerprint density at radius 2 is 1.71 bits per heavy atom. The van der Waals surface area contributed by atoms with E-state index in [4.69, 9.17) is 4.74 Å². The number of hydrogen-bond acceptors (Lipinski definition) is 1. The molecule has 0 amide bonds. The van der Waals surface area contributed by atoms with Crippen molar-refractivity contribution in [1.82, 2.24) is 0 Å². The molecule has 0 saturated carbocycles. The van der Waals surface area contributed by atoms with Crippen molar-refractivity contribution in [3.63, 3.8) is 0 Å². The van der Waals surface area contributed by atoms with Gasteiger partial charge in [0.2, 0.25) is 0 Å². The third-order valence-electron chi connectivity index (χ3n) is 3.32. The van der Waals surface area contributed by atoms with E-state index in [1.54, 1.807) is 6.26 Å². The highest BCUT2D eigenvalue weighted by atomic mass is 16.5. The van der Waals surface area contributed by atoms with E-state index in [0.717, 1.165) is 5.75 Å². The highest BCUT2D eigenvalue weighted by Crippen LogP contribution is 2.37. The maximum atomic E-state index is 5.56. The summed E-state index contributed by atoms with van der Waals surface area (Å²) in [7, 11) is 0. The Kier molecular flexibility index (Phi) is 1.61. The van der Waals surface area contributed by atoms with Crippen LogP contribution >= 0.6 is 0 Å². The zero-order valence-corrected chi connectivity index (χ0v) is 9.18. The van der Waals surface area contributed by atoms with E-state index >= 15 is 0 Å². The smallest absolute Gasteiger partial charge is 0.134 e. The van der Waals surface area contributed by atoms with Crippen molar-refractivity contribution < 1.29 is 4.74 Å². The molecule has 0 unspecified atom stereocenters. The number of ether oxygens (including phenoxy) is 1. The number of fused-ring (bicyclic) bond motifs is 2. The predicted molar refractivity (Wildman–Crippen MR) is 71.1 cm³/mol. The second kappa shape index (κ2) is 3.11. The zero-order chi connectivity index (χ0) is 11.2. The van der Waals surface area contributed by atoms with Crippen LogP contribution in [0.5, 0.6) is 5.75 Å². The monoisotopic (exact) mass is 218 g/mol. The van der Waals surface area contributed by atoms with Gasteiger partial charge in [0.25, 0.3) is 0 Å². The van der Waals surface area contributed by atoms with Crippen molar-refractivity contribution in [1.29, 1.82) is 0 Å². The van der Waals surface area contributed by atoms with Gasteiger partial charge in [-0.25, -0.2) is 0 Å². The number of rotatable bonds is 0. The van der Waals surface area contributed by atoms with Crippen molar-refractivity contribution >= 4 is 27.6 Å². The van der Waals surface area contributed by atoms with E-state index in [1.165, 1.54) is 27.1 Å². The molecule has 0 aromatic heterocycles. The molecular formula is C16H10O. The Morgan fingerprint density at radius 3 is 2.71 bits per heavy atom. The van der Waals surface area contributed by atoms with Gasteiger partial charge in [-0.15, -0.1) is 0 Å². The van der Waals surface area contributed by atoms with Crippen molar-refractivity contribution in [3.8, 4) is 5.75 Å². The van der Waals surface area contributed by atoms with Gasteiger partial charge in [0, 0.05) is 5.39 Å². The molecule has 17 heavy (non-hydrogen) atoms. The molecule has 1 aliphatic rings. The van der Waals surface area contributed by atoms with Crippen molar-refractivity contribution in [2.45, 2.75) is 0 Å². The summed E-state index contributed by atoms with van der Waals surface area (Å²) in [6.45, 7) is 0. The molecule has 0 N–H and O–H groups in total. The molecule has 4 rings (SSSR count). The van der Waals surface area contributed by atoms with Gasteiger partial charge in [-0.3, -0.25) is 0 Å². The third kappa shape index (κ3) is 1.14. The molecule has 0 saturated heterocycles. The van der Waals surface area contributed by atoms with E-state index in [1.807, 2.05) is 12.1 Å². The summed E-state index contributed by atoms with van der Waals surface area (Å²) in [6, 6.07) is 16.9. The molecule has 0 atom stereocenters. The summed E-state index contributed by atoms with van der Waals surface area (Å²) in [5, 5.41) is 5.01. The van der Waals surface area contributed by atoms with Gasteiger partial charge >= 0.3 is 0 Å². The second-order valence-electron chi connectivity index (χ2n) is 4.29. The van der Waals surface area contributed by atoms with Crippen LogP contribution in [-0.4, -0.2) is 0 Å². The molecule has 0 bridgehead atoms. The highest BCUT2D eigenvalue weighted by Gasteiger charge is 2.12. The fourth-order valence-electron chi connectivity index (χ4n) is 2.57. The van der Waals surface area contributed by atoms with E-state index in [2.05, 4.69) is 42.5 Å². The molecule has 0 aliphatic carbocycles. The Hall–Kier alpha value is -2.28. The molecule has 1 nitrogen and oxygen atoms in total. The quantitative estimate of drug-likeness (QED) is 0.509. The average molecular weight is 218 g/mol. The maximum Gasteiger partial charge on any atom is 0.134 e. The minimum atomic E-state index is 0.950. The lowest BCUT2D eigenvalue weighted by Crippen LogP contribution is -1.93. The minimum Gasteiger partial charge on any atom is -0.464 e. The van der Waals surface area contributed by atoms with Crippen LogP contribution in [0.15, 0.2) is 54.8 Å². The van der Waals surface area contributed by atoms with Crippen LogP contribution in [-0.2, 0) is 0 Å². The standard InChI is InChI=1S/C16H10O/c1-2-6-13-11(4-1)10-12-5-3-7-15-16(12)14(13)8-9-17-15/h1-10H. The topological polar surface area (TPSA) is 9.23 Å². The molecule has 3 aromatic carbocycles. The summed E-state index contributed by atoms with van der Waals surface area (Å²) in [5.74, 6) is 0.950. The van der Waals surface area contributed by atoms with Gasteiger partial charge < -0.3 is 4.74 Å². The van der Waals surface area contributed by atoms with Crippen molar-refractivity contribution in [2.75, 3.05) is 0 Å². The van der Waals surface area contributed by atoms with Crippen LogP contribution < -0.4 is 4.74 Å². The lowest BCUT2D eigenvalue weighted by Gasteiger charge is -2.15. The lowest BCUT2D eigenvalue weighted by molar-refractivity contribution is 0.488. The van der Waals surface area contributed by atoms with E-state index < -0.39 is 0 Å². The fraction of sp³-hybridized carbons (Fsp3) is 0. The van der Waals surface area contributed by atoms with Gasteiger partial charge in [-0.1, -0.05) is 36.4 Å². The van der Waals surface area contributed by atoms with E-state index in [9.17, 15) is 0 Å². The average Bonchev–Trinajstić information content (AvgIpc) is 2.39. The molecule has 0 radical (unpaired) electrons. The molecule has 0 fully saturated rings. The summed E-state index contributed by atoms with van der Waals surface area (Å²) >= 11 is 0. The Bertz CT molecular complexity index is 769. The predicted octanol–water partition coefficient (Wildman–Crippen LogP) is 4.36. The first-order valence-electron chi connectivity index (χ1n) is 5.71. The SMILES string of the molecule is C1=Cc2c3ccccc3cc3cccc(c23)O1. The zero-order valence-electron chi connectivity index (χ0n) is 9.18. The third-order valence-corrected chi connectivity index (χ3v) is 3.32. The first kappa shape index (κ1) is 8.82. The Morgan fingerprint density at radius 1 is 0.824 bits per heavy atom. The summed E-state index contributed by atoms with van der Waals surface area (Å²) in [5.41, 5.74) is 1.26. The van der Waals surface area contributed by atoms with Gasteiger partial charge in [0.15, 0.2) is 0 Å². The van der Waals surface area contributed by atoms with Gasteiger partial charge in [0.1, 0.15) is 5.75 Å². The summed E-state index contributed by atoms with van der Waals surface area (Å²) in [6.07, 6.45) is 3.82. The van der Waals surface area contributed by atoms with Gasteiger partial charge in [-0.2, -0.15) is 0 Å². The Labute approximate surface area is 98.9 Å².